The van der Waals surface area contributed by atoms with Crippen molar-refractivity contribution in [2.75, 3.05) is 11.4 Å². The van der Waals surface area contributed by atoms with Crippen LogP contribution < -0.4 is 9.36 Å². The topological polar surface area (TPSA) is 3.24 Å². The third kappa shape index (κ3) is 1.12. The van der Waals surface area contributed by atoms with Crippen LogP contribution in [0.1, 0.15) is 13.8 Å². The summed E-state index contributed by atoms with van der Waals surface area (Å²) in [6.07, 6.45) is 0. The van der Waals surface area contributed by atoms with E-state index in [1.165, 1.54) is 14.7 Å². The van der Waals surface area contributed by atoms with Crippen LogP contribution in [0.15, 0.2) is 24.3 Å². The molecule has 0 saturated carbocycles. The van der Waals surface area contributed by atoms with E-state index in [9.17, 15) is 0 Å². The minimum absolute atomic E-state index is 0.576. The van der Waals surface area contributed by atoms with Crippen molar-refractivity contribution < 1.29 is 0 Å². The summed E-state index contributed by atoms with van der Waals surface area (Å²) >= 11 is 0.576. The van der Waals surface area contributed by atoms with E-state index in [0.717, 1.165) is 6.54 Å². The van der Waals surface area contributed by atoms with Crippen molar-refractivity contribution in [3.8, 4) is 0 Å². The van der Waals surface area contributed by atoms with E-state index < -0.39 is 0 Å². The molecule has 1 radical (unpaired) electrons. The second-order valence-corrected chi connectivity index (χ2v) is 5.42. The normalized spacial score (nSPS) is 14.5. The Kier molecular flexibility index (Phi) is 2.03. The summed E-state index contributed by atoms with van der Waals surface area (Å²) in [5.41, 5.74) is 1.43. The molecule has 2 rings (SSSR count). The fraction of sp³-hybridized carbons (Fsp3) is 0.300. The molecule has 0 unspecified atom stereocenters. The molecule has 0 bridgehead atoms. The van der Waals surface area contributed by atoms with Gasteiger partial charge in [0, 0.05) is 0 Å². The van der Waals surface area contributed by atoms with Gasteiger partial charge in [-0.05, 0) is 0 Å². The Labute approximate surface area is 79.1 Å². The summed E-state index contributed by atoms with van der Waals surface area (Å²) in [4.78, 5) is 2.41. The van der Waals surface area contributed by atoms with E-state index in [1.807, 2.05) is 0 Å². The van der Waals surface area contributed by atoms with E-state index in [-0.39, 0.29) is 0 Å². The first-order chi connectivity index (χ1) is 5.83. The third-order valence-electron chi connectivity index (χ3n) is 2.11. The van der Waals surface area contributed by atoms with Gasteiger partial charge < -0.3 is 0 Å². The Hall–Kier alpha value is -0.591. The Morgan fingerprint density at radius 1 is 1.33 bits per heavy atom. The van der Waals surface area contributed by atoms with Gasteiger partial charge in [-0.15, -0.1) is 0 Å². The SMILES string of the molecule is CCN1C(C)=[Se]c2ccccc21. The molecule has 12 heavy (non-hydrogen) atoms. The molecule has 1 heterocycles. The summed E-state index contributed by atoms with van der Waals surface area (Å²) < 4.78 is 3.07. The van der Waals surface area contributed by atoms with Crippen LogP contribution in [0, 0.1) is 0 Å². The average molecular weight is 225 g/mol. The first-order valence-electron chi connectivity index (χ1n) is 4.21. The molecule has 0 fully saturated rings. The van der Waals surface area contributed by atoms with Crippen LogP contribution in [0.25, 0.3) is 0 Å². The fourth-order valence-electron chi connectivity index (χ4n) is 1.54. The zero-order valence-electron chi connectivity index (χ0n) is 7.37. The van der Waals surface area contributed by atoms with Crippen molar-refractivity contribution >= 4 is 29.2 Å². The minimum atomic E-state index is 0.576. The van der Waals surface area contributed by atoms with Gasteiger partial charge in [-0.2, -0.15) is 0 Å². The van der Waals surface area contributed by atoms with Gasteiger partial charge in [-0.25, -0.2) is 0 Å². The molecule has 1 aliphatic rings. The van der Waals surface area contributed by atoms with Crippen molar-refractivity contribution in [3.63, 3.8) is 0 Å². The van der Waals surface area contributed by atoms with Gasteiger partial charge in [0.1, 0.15) is 0 Å². The van der Waals surface area contributed by atoms with Gasteiger partial charge in [0.25, 0.3) is 0 Å². The standard InChI is InChI=1S/C10H12NSe/c1-3-11-8(2)12-10-7-5-4-6-9(10)11/h4-7H,3H2,1-2H3. The second-order valence-electron chi connectivity index (χ2n) is 2.83. The number of fused-ring (bicyclic) bond motifs is 1. The molecule has 1 nitrogen and oxygen atoms in total. The van der Waals surface area contributed by atoms with Gasteiger partial charge in [0.05, 0.1) is 0 Å². The van der Waals surface area contributed by atoms with Gasteiger partial charge in [-0.1, -0.05) is 0 Å². The summed E-state index contributed by atoms with van der Waals surface area (Å²) in [5, 5.41) is 0. The third-order valence-corrected chi connectivity index (χ3v) is 4.38. The molecule has 0 amide bonds. The van der Waals surface area contributed by atoms with E-state index in [4.69, 9.17) is 0 Å². The molecule has 1 aromatic rings. The van der Waals surface area contributed by atoms with Crippen LogP contribution >= 0.6 is 0 Å². The van der Waals surface area contributed by atoms with Crippen molar-refractivity contribution in [1.29, 1.82) is 0 Å². The maximum atomic E-state index is 2.41. The van der Waals surface area contributed by atoms with Crippen LogP contribution in [-0.2, 0) is 0 Å². The average Bonchev–Trinajstić information content (AvgIpc) is 2.40. The molecule has 0 aliphatic carbocycles. The van der Waals surface area contributed by atoms with E-state index in [1.54, 1.807) is 0 Å². The van der Waals surface area contributed by atoms with E-state index >= 15 is 0 Å². The van der Waals surface area contributed by atoms with Crippen LogP contribution in [0.5, 0.6) is 0 Å². The van der Waals surface area contributed by atoms with Crippen LogP contribution in [0.2, 0.25) is 0 Å². The number of nitrogens with zero attached hydrogens (tertiary/aromatic N) is 1. The molecular formula is C10H12NSe. The molecular weight excluding hydrogens is 213 g/mol. The maximum absolute atomic E-state index is 2.41. The van der Waals surface area contributed by atoms with E-state index in [2.05, 4.69) is 43.0 Å². The Balaban J connectivity index is 2.50. The molecule has 2 heteroatoms. The molecule has 0 aromatic heterocycles. The Morgan fingerprint density at radius 3 is 2.83 bits per heavy atom. The summed E-state index contributed by atoms with van der Waals surface area (Å²) in [6.45, 7) is 5.55. The number of benzene rings is 1. The first-order valence-corrected chi connectivity index (χ1v) is 5.92. The number of hydrogen-bond acceptors (Lipinski definition) is 1. The number of anilines is 1. The van der Waals surface area contributed by atoms with Gasteiger partial charge in [0.2, 0.25) is 0 Å². The molecule has 1 aromatic carbocycles. The zero-order chi connectivity index (χ0) is 8.55. The van der Waals surface area contributed by atoms with Crippen molar-refractivity contribution in [2.24, 2.45) is 0 Å². The van der Waals surface area contributed by atoms with Gasteiger partial charge in [-0.3, -0.25) is 0 Å². The molecule has 0 N–H and O–H groups in total. The van der Waals surface area contributed by atoms with Crippen molar-refractivity contribution in [2.45, 2.75) is 13.8 Å². The van der Waals surface area contributed by atoms with Gasteiger partial charge >= 0.3 is 78.8 Å². The Morgan fingerprint density at radius 2 is 2.08 bits per heavy atom. The first kappa shape index (κ1) is 8.03. The van der Waals surface area contributed by atoms with Crippen LogP contribution in [0.3, 0.4) is 0 Å². The predicted octanol–water partition coefficient (Wildman–Crippen LogP) is 1.01. The van der Waals surface area contributed by atoms with Crippen LogP contribution in [-0.4, -0.2) is 25.6 Å². The summed E-state index contributed by atoms with van der Waals surface area (Å²) in [5.74, 6) is 0. The van der Waals surface area contributed by atoms with Crippen molar-refractivity contribution in [1.82, 2.24) is 0 Å². The number of para-hydroxylation sites is 1. The van der Waals surface area contributed by atoms with Gasteiger partial charge in [0.15, 0.2) is 0 Å². The molecule has 1 aliphatic heterocycles. The number of hydrogen-bond donors (Lipinski definition) is 0. The molecule has 0 atom stereocenters. The summed E-state index contributed by atoms with van der Waals surface area (Å²) in [7, 11) is 0. The quantitative estimate of drug-likeness (QED) is 0.645. The van der Waals surface area contributed by atoms with Crippen molar-refractivity contribution in [3.05, 3.63) is 24.3 Å². The zero-order valence-corrected chi connectivity index (χ0v) is 9.09. The van der Waals surface area contributed by atoms with Crippen LogP contribution in [0.4, 0.5) is 5.69 Å². The monoisotopic (exact) mass is 226 g/mol. The fourth-order valence-corrected chi connectivity index (χ4v) is 3.82. The molecule has 0 spiro atoms. The summed E-state index contributed by atoms with van der Waals surface area (Å²) in [6, 6.07) is 8.72. The second kappa shape index (κ2) is 3.04. The Bertz CT molecular complexity index is 330. The molecule has 0 saturated heterocycles. The predicted molar refractivity (Wildman–Crippen MR) is 55.5 cm³/mol. The number of rotatable bonds is 1. The molecule has 63 valence electrons. The van der Waals surface area contributed by atoms with E-state index in [0.29, 0.717) is 14.5 Å².